The van der Waals surface area contributed by atoms with E-state index in [-0.39, 0.29) is 32.0 Å². The van der Waals surface area contributed by atoms with Gasteiger partial charge in [-0.15, -0.1) is 0 Å². The normalized spacial score (nSPS) is 30.1. The van der Waals surface area contributed by atoms with Crippen LogP contribution in [0.25, 0.3) is 0 Å². The second kappa shape index (κ2) is 9.94. The average molecular weight is 585 g/mol. The highest BCUT2D eigenvalue weighted by atomic mass is 35.5. The van der Waals surface area contributed by atoms with Crippen LogP contribution in [-0.2, 0) is 24.6 Å². The number of ether oxygens (including phenoxy) is 2. The van der Waals surface area contributed by atoms with Crippen molar-refractivity contribution in [2.24, 2.45) is 0 Å². The van der Waals surface area contributed by atoms with E-state index in [1.54, 1.807) is 18.2 Å². The Bertz CT molecular complexity index is 1480. The molecule has 1 saturated heterocycles. The predicted octanol–water partition coefficient (Wildman–Crippen LogP) is 1.89. The summed E-state index contributed by atoms with van der Waals surface area (Å²) in [5.41, 5.74) is -0.857. The molecular weight excluding hydrogens is 563 g/mol. The number of aliphatic hydroxyl groups is 4. The fraction of sp³-hybridized carbons (Fsp3) is 0.280. The molecule has 10 nitrogen and oxygen atoms in total. The summed E-state index contributed by atoms with van der Waals surface area (Å²) in [5, 5.41) is 49.6. The SMILES string of the molecule is O=S1(=O)O[C@@](c2ccc(O)c(Cl)c2)(c2ccc(O[C@@H]3O[C@H](CO)[C@H](O)[C@H](O)[C@H]3O)c(Cl)c2)c2ccccc21. The number of phenolic OH excluding ortho intramolecular Hbond substituents is 1. The lowest BCUT2D eigenvalue weighted by molar-refractivity contribution is -0.277. The van der Waals surface area contributed by atoms with Crippen LogP contribution in [0.15, 0.2) is 65.6 Å². The molecule has 0 aromatic heterocycles. The molecule has 202 valence electrons. The first-order valence-corrected chi connectivity index (χ1v) is 13.5. The predicted molar refractivity (Wildman–Crippen MR) is 134 cm³/mol. The van der Waals surface area contributed by atoms with E-state index in [9.17, 15) is 34.0 Å². The fourth-order valence-corrected chi connectivity index (χ4v) is 6.47. The van der Waals surface area contributed by atoms with E-state index in [0.717, 1.165) is 0 Å². The standard InChI is InChI=1S/C25H22Cl2O10S/c26-15-9-12(5-7-17(15)29)25(14-3-1-2-4-20(14)38(33,34)37-25)13-6-8-18(16(27)10-13)35-24-23(32)22(31)21(30)19(11-28)36-24/h1-10,19,21-24,28-32H,11H2/t19-,21+,22+,23-,24-,25+/m1/s1. The molecule has 0 aliphatic carbocycles. The first-order valence-electron chi connectivity index (χ1n) is 11.3. The van der Waals surface area contributed by atoms with Gasteiger partial charge in [0.2, 0.25) is 6.29 Å². The van der Waals surface area contributed by atoms with Crippen LogP contribution in [0.4, 0.5) is 0 Å². The molecule has 1 fully saturated rings. The lowest BCUT2D eigenvalue weighted by atomic mass is 9.80. The van der Waals surface area contributed by atoms with Crippen LogP contribution in [0.2, 0.25) is 10.0 Å². The second-order valence-electron chi connectivity index (χ2n) is 8.84. The van der Waals surface area contributed by atoms with Crippen LogP contribution in [0, 0.1) is 0 Å². The zero-order chi connectivity index (χ0) is 27.4. The van der Waals surface area contributed by atoms with Crippen LogP contribution in [-0.4, -0.2) is 71.3 Å². The van der Waals surface area contributed by atoms with Crippen molar-refractivity contribution in [2.45, 2.75) is 41.2 Å². The number of halogens is 2. The molecule has 0 amide bonds. The molecule has 0 bridgehead atoms. The Labute approximate surface area is 227 Å². The molecule has 2 aliphatic heterocycles. The van der Waals surface area contributed by atoms with Crippen molar-refractivity contribution < 1.29 is 47.6 Å². The molecule has 2 aliphatic rings. The van der Waals surface area contributed by atoms with Gasteiger partial charge in [-0.2, -0.15) is 8.42 Å². The number of fused-ring (bicyclic) bond motifs is 1. The Morgan fingerprint density at radius 1 is 0.895 bits per heavy atom. The molecule has 13 heteroatoms. The summed E-state index contributed by atoms with van der Waals surface area (Å²) in [7, 11) is -4.21. The van der Waals surface area contributed by atoms with E-state index in [4.69, 9.17) is 36.9 Å². The largest absolute Gasteiger partial charge is 0.506 e. The van der Waals surface area contributed by atoms with Crippen LogP contribution in [0.5, 0.6) is 11.5 Å². The third kappa shape index (κ3) is 4.34. The van der Waals surface area contributed by atoms with E-state index in [1.165, 1.54) is 42.5 Å². The molecule has 38 heavy (non-hydrogen) atoms. The lowest BCUT2D eigenvalue weighted by Gasteiger charge is -2.39. The summed E-state index contributed by atoms with van der Waals surface area (Å²) in [6, 6.07) is 14.7. The van der Waals surface area contributed by atoms with Crippen molar-refractivity contribution in [3.05, 3.63) is 87.4 Å². The minimum absolute atomic E-state index is 0.00669. The van der Waals surface area contributed by atoms with E-state index >= 15 is 0 Å². The minimum Gasteiger partial charge on any atom is -0.506 e. The molecule has 2 heterocycles. The molecule has 5 rings (SSSR count). The smallest absolute Gasteiger partial charge is 0.298 e. The summed E-state index contributed by atoms with van der Waals surface area (Å²) in [6.45, 7) is -0.638. The second-order valence-corrected chi connectivity index (χ2v) is 11.2. The van der Waals surface area contributed by atoms with Crippen molar-refractivity contribution in [2.75, 3.05) is 6.61 Å². The van der Waals surface area contributed by atoms with Crippen LogP contribution in [0.1, 0.15) is 16.7 Å². The van der Waals surface area contributed by atoms with Gasteiger partial charge in [-0.25, -0.2) is 4.18 Å². The van der Waals surface area contributed by atoms with Gasteiger partial charge in [-0.05, 0) is 41.5 Å². The molecule has 0 radical (unpaired) electrons. The molecule has 6 atom stereocenters. The Kier molecular flexibility index (Phi) is 7.10. The monoisotopic (exact) mass is 584 g/mol. The Balaban J connectivity index is 1.59. The van der Waals surface area contributed by atoms with Gasteiger partial charge in [0.25, 0.3) is 10.1 Å². The van der Waals surface area contributed by atoms with Gasteiger partial charge in [0.1, 0.15) is 40.8 Å². The van der Waals surface area contributed by atoms with Gasteiger partial charge in [-0.1, -0.05) is 53.5 Å². The number of hydrogen-bond acceptors (Lipinski definition) is 10. The van der Waals surface area contributed by atoms with Gasteiger partial charge in [0, 0.05) is 5.56 Å². The third-order valence-corrected chi connectivity index (χ3v) is 8.52. The van der Waals surface area contributed by atoms with Crippen LogP contribution < -0.4 is 4.74 Å². The van der Waals surface area contributed by atoms with Crippen molar-refractivity contribution in [1.82, 2.24) is 0 Å². The number of benzene rings is 3. The van der Waals surface area contributed by atoms with E-state index in [1.807, 2.05) is 0 Å². The summed E-state index contributed by atoms with van der Waals surface area (Å²) in [5.74, 6) is -0.214. The van der Waals surface area contributed by atoms with Gasteiger partial charge < -0.3 is 35.0 Å². The van der Waals surface area contributed by atoms with Crippen molar-refractivity contribution in [1.29, 1.82) is 0 Å². The van der Waals surface area contributed by atoms with Gasteiger partial charge in [0.15, 0.2) is 5.60 Å². The van der Waals surface area contributed by atoms with Gasteiger partial charge in [-0.3, -0.25) is 0 Å². The van der Waals surface area contributed by atoms with Crippen molar-refractivity contribution in [3.63, 3.8) is 0 Å². The summed E-state index contributed by atoms with van der Waals surface area (Å²) < 4.78 is 42.9. The molecular formula is C25H22Cl2O10S. The van der Waals surface area contributed by atoms with Crippen LogP contribution >= 0.6 is 23.2 Å². The highest BCUT2D eigenvalue weighted by molar-refractivity contribution is 7.87. The molecule has 0 unspecified atom stereocenters. The zero-order valence-electron chi connectivity index (χ0n) is 19.3. The molecule has 0 spiro atoms. The minimum atomic E-state index is -4.21. The molecule has 3 aromatic carbocycles. The number of phenols is 1. The summed E-state index contributed by atoms with van der Waals surface area (Å²) >= 11 is 12.7. The summed E-state index contributed by atoms with van der Waals surface area (Å²) in [4.78, 5) is -0.0537. The Hall–Kier alpha value is -2.45. The third-order valence-electron chi connectivity index (χ3n) is 6.55. The van der Waals surface area contributed by atoms with E-state index < -0.39 is 53.0 Å². The Morgan fingerprint density at radius 3 is 2.21 bits per heavy atom. The van der Waals surface area contributed by atoms with Crippen molar-refractivity contribution in [3.8, 4) is 11.5 Å². The molecule has 0 saturated carbocycles. The van der Waals surface area contributed by atoms with E-state index in [2.05, 4.69) is 0 Å². The molecule has 5 N–H and O–H groups in total. The lowest BCUT2D eigenvalue weighted by Crippen LogP contribution is -2.60. The Morgan fingerprint density at radius 2 is 1.55 bits per heavy atom. The quantitative estimate of drug-likeness (QED) is 0.280. The summed E-state index contributed by atoms with van der Waals surface area (Å²) in [6.07, 6.45) is -7.55. The highest BCUT2D eigenvalue weighted by Gasteiger charge is 2.52. The van der Waals surface area contributed by atoms with Crippen LogP contribution in [0.3, 0.4) is 0 Å². The maximum absolute atomic E-state index is 13.1. The van der Waals surface area contributed by atoms with Crippen molar-refractivity contribution >= 4 is 33.3 Å². The zero-order valence-corrected chi connectivity index (χ0v) is 21.6. The first kappa shape index (κ1) is 27.1. The van der Waals surface area contributed by atoms with Gasteiger partial charge >= 0.3 is 0 Å². The number of aliphatic hydroxyl groups excluding tert-OH is 4. The average Bonchev–Trinajstić information content (AvgIpc) is 3.15. The fourth-order valence-electron chi connectivity index (χ4n) is 4.63. The number of aromatic hydroxyl groups is 1. The van der Waals surface area contributed by atoms with E-state index in [0.29, 0.717) is 11.1 Å². The topological polar surface area (TPSA) is 163 Å². The number of hydrogen-bond donors (Lipinski definition) is 5. The highest BCUT2D eigenvalue weighted by Crippen LogP contribution is 2.52. The van der Waals surface area contributed by atoms with Gasteiger partial charge in [0.05, 0.1) is 16.7 Å². The first-order chi connectivity index (χ1) is 18.0. The molecule has 3 aromatic rings. The maximum Gasteiger partial charge on any atom is 0.298 e. The maximum atomic E-state index is 13.1. The number of rotatable bonds is 5.